The zero-order valence-corrected chi connectivity index (χ0v) is 15.5. The average molecular weight is 372 g/mol. The second-order valence-corrected chi connectivity index (χ2v) is 7.25. The molecule has 5 rings (SSSR count). The lowest BCUT2D eigenvalue weighted by molar-refractivity contribution is 0.415. The Bertz CT molecular complexity index is 1100. The molecule has 0 amide bonds. The number of pyridine rings is 1. The largest absolute Gasteiger partial charge is 0.497 e. The molecule has 1 saturated heterocycles. The molecule has 0 radical (unpaired) electrons. The number of nitriles is 1. The third-order valence-corrected chi connectivity index (χ3v) is 5.71. The minimum Gasteiger partial charge on any atom is -0.497 e. The fourth-order valence-electron chi connectivity index (χ4n) is 4.49. The van der Waals surface area contributed by atoms with E-state index in [1.807, 2.05) is 30.5 Å². The molecule has 2 atom stereocenters. The van der Waals surface area contributed by atoms with E-state index in [-0.39, 0.29) is 11.9 Å². The maximum Gasteiger partial charge on any atom is 0.142 e. The van der Waals surface area contributed by atoms with Crippen molar-refractivity contribution < 1.29 is 4.74 Å². The number of nitrogens with one attached hydrogen (secondary N) is 1. The summed E-state index contributed by atoms with van der Waals surface area (Å²) < 4.78 is 7.28. The van der Waals surface area contributed by atoms with E-state index in [0.29, 0.717) is 17.4 Å². The van der Waals surface area contributed by atoms with Gasteiger partial charge in [0.05, 0.1) is 12.8 Å². The van der Waals surface area contributed by atoms with Crippen molar-refractivity contribution in [3.05, 3.63) is 53.5 Å². The van der Waals surface area contributed by atoms with Crippen molar-refractivity contribution in [2.75, 3.05) is 12.8 Å². The highest BCUT2D eigenvalue weighted by Gasteiger charge is 2.37. The van der Waals surface area contributed by atoms with Gasteiger partial charge in [0.2, 0.25) is 0 Å². The average Bonchev–Trinajstić information content (AvgIpc) is 3.37. The van der Waals surface area contributed by atoms with E-state index >= 15 is 0 Å². The van der Waals surface area contributed by atoms with Crippen molar-refractivity contribution in [3.63, 3.8) is 0 Å². The third kappa shape index (κ3) is 2.46. The van der Waals surface area contributed by atoms with Gasteiger partial charge in [-0.05, 0) is 37.1 Å². The van der Waals surface area contributed by atoms with Gasteiger partial charge in [-0.1, -0.05) is 0 Å². The van der Waals surface area contributed by atoms with E-state index < -0.39 is 0 Å². The number of hydrogen-bond donors (Lipinski definition) is 2. The molecule has 1 aromatic carbocycles. The standard InChI is InChI=1S/C21H20N6O/c1-28-13-4-6-18(27-8-2-7-24-27)14(10-13)19-15(11-22)21(23)26-17-9-12-3-5-16(25-12)20(17)19/h2,4,6-8,10,12,16,25H,3,5,9H2,1H3,(H2,23,26)/t12-,16+/m1/s1. The van der Waals surface area contributed by atoms with Crippen LogP contribution < -0.4 is 15.8 Å². The Balaban J connectivity index is 1.86. The Labute approximate surface area is 162 Å². The molecule has 2 aliphatic heterocycles. The van der Waals surface area contributed by atoms with Gasteiger partial charge in [-0.25, -0.2) is 9.67 Å². The van der Waals surface area contributed by atoms with Crippen LogP contribution in [-0.4, -0.2) is 27.9 Å². The maximum absolute atomic E-state index is 9.94. The highest BCUT2D eigenvalue weighted by molar-refractivity contribution is 5.85. The van der Waals surface area contributed by atoms with Gasteiger partial charge in [0.1, 0.15) is 23.2 Å². The number of fused-ring (bicyclic) bond motifs is 4. The van der Waals surface area contributed by atoms with Crippen LogP contribution >= 0.6 is 0 Å². The van der Waals surface area contributed by atoms with Crippen LogP contribution in [0.1, 0.15) is 35.7 Å². The summed E-state index contributed by atoms with van der Waals surface area (Å²) >= 11 is 0. The number of ether oxygens (including phenoxy) is 1. The van der Waals surface area contributed by atoms with Crippen molar-refractivity contribution in [3.8, 4) is 28.6 Å². The molecule has 28 heavy (non-hydrogen) atoms. The predicted octanol–water partition coefficient (Wildman–Crippen LogP) is 2.75. The summed E-state index contributed by atoms with van der Waals surface area (Å²) in [4.78, 5) is 4.61. The molecule has 2 bridgehead atoms. The SMILES string of the molecule is COc1ccc(-n2cccn2)c(-c2c(C#N)c(N)nc3c2[C@@H]2CC[C@H](C3)N2)c1. The summed E-state index contributed by atoms with van der Waals surface area (Å²) in [5, 5.41) is 18.0. The van der Waals surface area contributed by atoms with Crippen molar-refractivity contribution in [2.45, 2.75) is 31.3 Å². The summed E-state index contributed by atoms with van der Waals surface area (Å²) in [6.45, 7) is 0. The van der Waals surface area contributed by atoms with Gasteiger partial charge in [0.15, 0.2) is 0 Å². The first-order chi connectivity index (χ1) is 13.7. The summed E-state index contributed by atoms with van der Waals surface area (Å²) in [6.07, 6.45) is 6.58. The second-order valence-electron chi connectivity index (χ2n) is 7.25. The smallest absolute Gasteiger partial charge is 0.142 e. The Morgan fingerprint density at radius 1 is 1.36 bits per heavy atom. The summed E-state index contributed by atoms with van der Waals surface area (Å²) in [7, 11) is 1.64. The molecule has 140 valence electrons. The molecule has 0 saturated carbocycles. The second kappa shape index (κ2) is 6.36. The minimum atomic E-state index is 0.181. The molecular weight excluding hydrogens is 352 g/mol. The Hall–Kier alpha value is -3.37. The van der Waals surface area contributed by atoms with Gasteiger partial charge in [-0.15, -0.1) is 0 Å². The van der Waals surface area contributed by atoms with E-state index in [4.69, 9.17) is 10.5 Å². The first-order valence-electron chi connectivity index (χ1n) is 9.36. The molecule has 2 aliphatic rings. The molecule has 7 nitrogen and oxygen atoms in total. The number of rotatable bonds is 3. The molecule has 2 aromatic heterocycles. The first-order valence-corrected chi connectivity index (χ1v) is 9.36. The number of hydrogen-bond acceptors (Lipinski definition) is 6. The fourth-order valence-corrected chi connectivity index (χ4v) is 4.49. The van der Waals surface area contributed by atoms with Crippen LogP contribution in [-0.2, 0) is 6.42 Å². The first kappa shape index (κ1) is 16.8. The highest BCUT2D eigenvalue weighted by atomic mass is 16.5. The van der Waals surface area contributed by atoms with E-state index in [0.717, 1.165) is 47.3 Å². The Morgan fingerprint density at radius 2 is 2.25 bits per heavy atom. The van der Waals surface area contributed by atoms with Crippen LogP contribution in [0.3, 0.4) is 0 Å². The topological polar surface area (TPSA) is 102 Å². The molecular formula is C21H20N6O. The number of benzene rings is 1. The van der Waals surface area contributed by atoms with Crippen molar-refractivity contribution in [1.29, 1.82) is 5.26 Å². The fraction of sp³-hybridized carbons (Fsp3) is 0.286. The van der Waals surface area contributed by atoms with E-state index in [9.17, 15) is 5.26 Å². The number of aromatic nitrogens is 3. The molecule has 0 unspecified atom stereocenters. The van der Waals surface area contributed by atoms with Crippen LogP contribution in [0.25, 0.3) is 16.8 Å². The molecule has 3 N–H and O–H groups in total. The van der Waals surface area contributed by atoms with Gasteiger partial charge in [-0.3, -0.25) is 0 Å². The van der Waals surface area contributed by atoms with Gasteiger partial charge in [0, 0.05) is 53.3 Å². The highest BCUT2D eigenvalue weighted by Crippen LogP contribution is 2.45. The monoisotopic (exact) mass is 372 g/mol. The van der Waals surface area contributed by atoms with E-state index in [1.165, 1.54) is 0 Å². The van der Waals surface area contributed by atoms with Crippen molar-refractivity contribution >= 4 is 5.82 Å². The molecule has 1 fully saturated rings. The third-order valence-electron chi connectivity index (χ3n) is 5.71. The van der Waals surface area contributed by atoms with Crippen molar-refractivity contribution in [1.82, 2.24) is 20.1 Å². The van der Waals surface area contributed by atoms with Crippen LogP contribution in [0, 0.1) is 11.3 Å². The lowest BCUT2D eigenvalue weighted by Crippen LogP contribution is -2.33. The normalized spacial score (nSPS) is 19.9. The van der Waals surface area contributed by atoms with E-state index in [2.05, 4.69) is 21.5 Å². The Morgan fingerprint density at radius 3 is 3.00 bits per heavy atom. The van der Waals surface area contributed by atoms with E-state index in [1.54, 1.807) is 18.0 Å². The van der Waals surface area contributed by atoms with Crippen molar-refractivity contribution in [2.24, 2.45) is 0 Å². The summed E-state index contributed by atoms with van der Waals surface area (Å²) in [5.41, 5.74) is 11.3. The maximum atomic E-state index is 9.94. The molecule has 0 aliphatic carbocycles. The predicted molar refractivity (Wildman–Crippen MR) is 105 cm³/mol. The van der Waals surface area contributed by atoms with Gasteiger partial charge < -0.3 is 15.8 Å². The zero-order valence-electron chi connectivity index (χ0n) is 15.5. The van der Waals surface area contributed by atoms with Gasteiger partial charge >= 0.3 is 0 Å². The van der Waals surface area contributed by atoms with Crippen LogP contribution in [0.5, 0.6) is 5.75 Å². The molecule has 4 heterocycles. The summed E-state index contributed by atoms with van der Waals surface area (Å²) in [5.74, 6) is 0.999. The number of nitrogen functional groups attached to an aromatic ring is 1. The number of anilines is 1. The minimum absolute atomic E-state index is 0.181. The van der Waals surface area contributed by atoms with Gasteiger partial charge in [0.25, 0.3) is 0 Å². The van der Waals surface area contributed by atoms with Crippen LogP contribution in [0.2, 0.25) is 0 Å². The molecule has 7 heteroatoms. The number of nitrogens with two attached hydrogens (primary N) is 1. The number of nitrogens with zero attached hydrogens (tertiary/aromatic N) is 4. The lowest BCUT2D eigenvalue weighted by atomic mass is 9.87. The van der Waals surface area contributed by atoms with Crippen LogP contribution in [0.15, 0.2) is 36.7 Å². The zero-order chi connectivity index (χ0) is 19.3. The number of methoxy groups -OCH3 is 1. The summed E-state index contributed by atoms with van der Waals surface area (Å²) in [6, 6.07) is 10.6. The molecule has 0 spiro atoms. The molecule has 3 aromatic rings. The lowest BCUT2D eigenvalue weighted by Gasteiger charge is -2.28. The van der Waals surface area contributed by atoms with Crippen LogP contribution in [0.4, 0.5) is 5.82 Å². The Kier molecular flexibility index (Phi) is 3.81. The quantitative estimate of drug-likeness (QED) is 0.733. The van der Waals surface area contributed by atoms with Gasteiger partial charge in [-0.2, -0.15) is 10.4 Å².